The van der Waals surface area contributed by atoms with E-state index in [1.54, 1.807) is 44.4 Å². The summed E-state index contributed by atoms with van der Waals surface area (Å²) < 4.78 is 38.8. The lowest BCUT2D eigenvalue weighted by Gasteiger charge is -2.13. The van der Waals surface area contributed by atoms with Gasteiger partial charge in [0.2, 0.25) is 0 Å². The van der Waals surface area contributed by atoms with E-state index in [9.17, 15) is 13.2 Å². The average molecular weight is 477 g/mol. The van der Waals surface area contributed by atoms with Crippen LogP contribution in [0.15, 0.2) is 89.8 Å². The fourth-order valence-electron chi connectivity index (χ4n) is 3.49. The van der Waals surface area contributed by atoms with E-state index in [1.807, 2.05) is 42.5 Å². The maximum Gasteiger partial charge on any atom is 0.262 e. The number of sulfonamides is 1. The third kappa shape index (κ3) is 5.29. The van der Waals surface area contributed by atoms with Gasteiger partial charge < -0.3 is 14.8 Å². The number of rotatable bonds is 8. The van der Waals surface area contributed by atoms with Gasteiger partial charge in [0.25, 0.3) is 15.9 Å². The first-order valence-electron chi connectivity index (χ1n) is 10.5. The summed E-state index contributed by atoms with van der Waals surface area (Å²) in [4.78, 5) is 12.6. The van der Waals surface area contributed by atoms with E-state index in [4.69, 9.17) is 9.47 Å². The highest BCUT2D eigenvalue weighted by Crippen LogP contribution is 2.25. The second-order valence-electron chi connectivity index (χ2n) is 7.62. The third-order valence-electron chi connectivity index (χ3n) is 5.22. The average Bonchev–Trinajstić information content (AvgIpc) is 2.84. The van der Waals surface area contributed by atoms with Crippen molar-refractivity contribution in [1.82, 2.24) is 0 Å². The summed E-state index contributed by atoms with van der Waals surface area (Å²) in [5.41, 5.74) is 1.72. The maximum atomic E-state index is 12.7. The van der Waals surface area contributed by atoms with E-state index in [0.717, 1.165) is 10.8 Å². The van der Waals surface area contributed by atoms with Gasteiger partial charge in [0.15, 0.2) is 6.61 Å². The predicted octanol–water partition coefficient (Wildman–Crippen LogP) is 4.98. The van der Waals surface area contributed by atoms with Crippen LogP contribution in [0.4, 0.5) is 11.4 Å². The largest absolute Gasteiger partial charge is 0.497 e. The molecule has 4 aromatic rings. The lowest BCUT2D eigenvalue weighted by Crippen LogP contribution is -2.20. The predicted molar refractivity (Wildman–Crippen MR) is 133 cm³/mol. The normalized spacial score (nSPS) is 11.1. The molecule has 7 nitrogen and oxygen atoms in total. The Kier molecular flexibility index (Phi) is 6.70. The summed E-state index contributed by atoms with van der Waals surface area (Å²) in [7, 11) is -2.25. The molecule has 0 aromatic heterocycles. The zero-order valence-electron chi connectivity index (χ0n) is 18.7. The second-order valence-corrected chi connectivity index (χ2v) is 9.31. The molecule has 0 spiro atoms. The number of aryl methyl sites for hydroxylation is 1. The molecule has 0 fully saturated rings. The number of carbonyl (C=O) groups is 1. The summed E-state index contributed by atoms with van der Waals surface area (Å²) in [6, 6.07) is 24.5. The van der Waals surface area contributed by atoms with E-state index in [1.165, 1.54) is 12.1 Å². The molecule has 0 radical (unpaired) electrons. The van der Waals surface area contributed by atoms with Crippen LogP contribution in [0.25, 0.3) is 10.8 Å². The summed E-state index contributed by atoms with van der Waals surface area (Å²) >= 11 is 0. The molecule has 0 aliphatic heterocycles. The number of nitrogens with one attached hydrogen (secondary N) is 2. The number of fused-ring (bicyclic) bond motifs is 1. The number of benzene rings is 4. The van der Waals surface area contributed by atoms with Crippen LogP contribution in [0.2, 0.25) is 0 Å². The van der Waals surface area contributed by atoms with Gasteiger partial charge in [0.1, 0.15) is 11.5 Å². The minimum absolute atomic E-state index is 0.0911. The standard InChI is InChI=1S/C26H24N2O5S/c1-18-16-22(34(30,31)28-20-10-12-21(32-2)13-11-20)14-15-25(18)33-17-26(29)27-24-9-5-7-19-6-3-4-8-23(19)24/h3-16,28H,17H2,1-2H3,(H,27,29). The van der Waals surface area contributed by atoms with Crippen LogP contribution in [0.3, 0.4) is 0 Å². The molecule has 0 atom stereocenters. The Balaban J connectivity index is 1.41. The molecule has 4 rings (SSSR count). The van der Waals surface area contributed by atoms with Crippen LogP contribution in [0.5, 0.6) is 11.5 Å². The van der Waals surface area contributed by atoms with Crippen molar-refractivity contribution in [2.75, 3.05) is 23.8 Å². The van der Waals surface area contributed by atoms with E-state index < -0.39 is 10.0 Å². The Morgan fingerprint density at radius 1 is 0.912 bits per heavy atom. The second kappa shape index (κ2) is 9.84. The lowest BCUT2D eigenvalue weighted by molar-refractivity contribution is -0.118. The summed E-state index contributed by atoms with van der Waals surface area (Å²) in [5.74, 6) is 0.745. The summed E-state index contributed by atoms with van der Waals surface area (Å²) in [6.45, 7) is 1.52. The summed E-state index contributed by atoms with van der Waals surface area (Å²) in [6.07, 6.45) is 0. The minimum atomic E-state index is -3.79. The van der Waals surface area contributed by atoms with Gasteiger partial charge in [0.05, 0.1) is 12.0 Å². The monoisotopic (exact) mass is 476 g/mol. The molecule has 8 heteroatoms. The van der Waals surface area contributed by atoms with Crippen molar-refractivity contribution in [3.05, 3.63) is 90.5 Å². The molecule has 0 aliphatic rings. The number of hydrogen-bond donors (Lipinski definition) is 2. The number of hydrogen-bond acceptors (Lipinski definition) is 5. The van der Waals surface area contributed by atoms with Gasteiger partial charge >= 0.3 is 0 Å². The smallest absolute Gasteiger partial charge is 0.262 e. The quantitative estimate of drug-likeness (QED) is 0.374. The molecule has 0 bridgehead atoms. The van der Waals surface area contributed by atoms with Gasteiger partial charge in [-0.3, -0.25) is 9.52 Å². The molecule has 4 aromatic carbocycles. The fraction of sp³-hybridized carbons (Fsp3) is 0.115. The highest BCUT2D eigenvalue weighted by atomic mass is 32.2. The van der Waals surface area contributed by atoms with Crippen LogP contribution < -0.4 is 19.5 Å². The zero-order chi connectivity index (χ0) is 24.1. The van der Waals surface area contributed by atoms with Gasteiger partial charge in [-0.1, -0.05) is 36.4 Å². The number of ether oxygens (including phenoxy) is 2. The molecule has 0 aliphatic carbocycles. The molecule has 2 N–H and O–H groups in total. The Bertz CT molecular complexity index is 1430. The summed E-state index contributed by atoms with van der Waals surface area (Å²) in [5, 5.41) is 4.83. The molecular weight excluding hydrogens is 452 g/mol. The molecule has 0 saturated heterocycles. The van der Waals surface area contributed by atoms with Gasteiger partial charge in [0, 0.05) is 16.8 Å². The van der Waals surface area contributed by atoms with Crippen molar-refractivity contribution >= 4 is 38.1 Å². The highest BCUT2D eigenvalue weighted by Gasteiger charge is 2.16. The van der Waals surface area contributed by atoms with Crippen molar-refractivity contribution < 1.29 is 22.7 Å². The first-order valence-corrected chi connectivity index (χ1v) is 12.0. The van der Waals surface area contributed by atoms with Crippen LogP contribution >= 0.6 is 0 Å². The van der Waals surface area contributed by atoms with Crippen LogP contribution in [-0.2, 0) is 14.8 Å². The minimum Gasteiger partial charge on any atom is -0.497 e. The molecule has 0 saturated carbocycles. The number of carbonyl (C=O) groups excluding carboxylic acids is 1. The van der Waals surface area contributed by atoms with E-state index >= 15 is 0 Å². The Labute approximate surface area is 198 Å². The molecule has 34 heavy (non-hydrogen) atoms. The first-order chi connectivity index (χ1) is 16.4. The number of amides is 1. The molecule has 0 heterocycles. The van der Waals surface area contributed by atoms with Crippen LogP contribution in [-0.4, -0.2) is 28.0 Å². The fourth-order valence-corrected chi connectivity index (χ4v) is 4.63. The van der Waals surface area contributed by atoms with Crippen molar-refractivity contribution in [1.29, 1.82) is 0 Å². The molecular formula is C26H24N2O5S. The highest BCUT2D eigenvalue weighted by molar-refractivity contribution is 7.92. The van der Waals surface area contributed by atoms with Crippen molar-refractivity contribution in [2.45, 2.75) is 11.8 Å². The van der Waals surface area contributed by atoms with Gasteiger partial charge in [-0.25, -0.2) is 8.42 Å². The zero-order valence-corrected chi connectivity index (χ0v) is 19.6. The maximum absolute atomic E-state index is 12.7. The Morgan fingerprint density at radius 3 is 2.38 bits per heavy atom. The lowest BCUT2D eigenvalue weighted by atomic mass is 10.1. The molecule has 174 valence electrons. The van der Waals surface area contributed by atoms with Crippen LogP contribution in [0.1, 0.15) is 5.56 Å². The Hall–Kier alpha value is -4.04. The topological polar surface area (TPSA) is 93.7 Å². The molecule has 1 amide bonds. The van der Waals surface area contributed by atoms with Crippen molar-refractivity contribution in [3.8, 4) is 11.5 Å². The van der Waals surface area contributed by atoms with Gasteiger partial charge in [-0.2, -0.15) is 0 Å². The van der Waals surface area contributed by atoms with E-state index in [0.29, 0.717) is 28.4 Å². The first kappa shape index (κ1) is 23.1. The SMILES string of the molecule is COc1ccc(NS(=O)(=O)c2ccc(OCC(=O)Nc3cccc4ccccc34)c(C)c2)cc1. The third-order valence-corrected chi connectivity index (χ3v) is 6.60. The number of anilines is 2. The van der Waals surface area contributed by atoms with E-state index in [-0.39, 0.29) is 17.4 Å². The van der Waals surface area contributed by atoms with Crippen LogP contribution in [0, 0.1) is 6.92 Å². The number of methoxy groups -OCH3 is 1. The van der Waals surface area contributed by atoms with Crippen molar-refractivity contribution in [2.24, 2.45) is 0 Å². The van der Waals surface area contributed by atoms with Crippen molar-refractivity contribution in [3.63, 3.8) is 0 Å². The Morgan fingerprint density at radius 2 is 1.65 bits per heavy atom. The van der Waals surface area contributed by atoms with E-state index in [2.05, 4.69) is 10.0 Å². The molecule has 0 unspecified atom stereocenters. The van der Waals surface area contributed by atoms with Gasteiger partial charge in [-0.05, 0) is 66.4 Å². The van der Waals surface area contributed by atoms with Gasteiger partial charge in [-0.15, -0.1) is 0 Å².